The number of rotatable bonds is 10. The molecule has 1 amide bonds. The molecule has 10 nitrogen and oxygen atoms in total. The summed E-state index contributed by atoms with van der Waals surface area (Å²) in [4.78, 5) is 29.3. The van der Waals surface area contributed by atoms with Crippen molar-refractivity contribution in [2.24, 2.45) is 12.5 Å². The van der Waals surface area contributed by atoms with Gasteiger partial charge >= 0.3 is 5.97 Å². The van der Waals surface area contributed by atoms with E-state index in [1.54, 1.807) is 12.1 Å². The molecule has 1 fully saturated rings. The van der Waals surface area contributed by atoms with Crippen molar-refractivity contribution in [3.63, 3.8) is 0 Å². The molecule has 55 heavy (non-hydrogen) atoms. The molecule has 2 aliphatic rings. The molecule has 3 aromatic carbocycles. The van der Waals surface area contributed by atoms with E-state index in [2.05, 4.69) is 23.0 Å². The van der Waals surface area contributed by atoms with Crippen LogP contribution in [0, 0.1) is 33.1 Å². The normalized spacial score (nSPS) is 16.6. The number of carbonyl (C=O) groups excluding carboxylic acids is 1. The zero-order valence-corrected chi connectivity index (χ0v) is 33.7. The Hall–Kier alpha value is -4.77. The minimum absolute atomic E-state index is 0.0583. The molecule has 2 aliphatic heterocycles. The second kappa shape index (κ2) is 13.8. The molecule has 1 unspecified atom stereocenters. The predicted molar refractivity (Wildman–Crippen MR) is 218 cm³/mol. The number of carboxylic acids is 1. The third-order valence-electron chi connectivity index (χ3n) is 11.4. The van der Waals surface area contributed by atoms with Gasteiger partial charge in [-0.2, -0.15) is 5.10 Å². The maximum absolute atomic E-state index is 15.3. The Morgan fingerprint density at radius 3 is 2.40 bits per heavy atom. The second-order valence-corrected chi connectivity index (χ2v) is 16.5. The smallest absolute Gasteiger partial charge is 0.335 e. The number of amides is 1. The number of aryl methyl sites for hydroxylation is 5. The van der Waals surface area contributed by atoms with Crippen molar-refractivity contribution in [2.45, 2.75) is 67.0 Å². The summed E-state index contributed by atoms with van der Waals surface area (Å²) in [6, 6.07) is 12.9. The number of carbonyl (C=O) groups is 2. The number of nitrogens with zero attached hydrogens (tertiary/aromatic N) is 5. The van der Waals surface area contributed by atoms with Crippen molar-refractivity contribution >= 4 is 62.6 Å². The molecule has 1 N–H and O–H groups in total. The van der Waals surface area contributed by atoms with Gasteiger partial charge in [-0.1, -0.05) is 36.2 Å². The zero-order valence-electron chi connectivity index (χ0n) is 32.2. The van der Waals surface area contributed by atoms with Crippen molar-refractivity contribution in [3.05, 3.63) is 98.0 Å². The molecular formula is C43H45Cl2N5O5. The summed E-state index contributed by atoms with van der Waals surface area (Å²) in [5.41, 5.74) is 9.70. The van der Waals surface area contributed by atoms with E-state index < -0.39 is 5.97 Å². The summed E-state index contributed by atoms with van der Waals surface area (Å²) < 4.78 is 18.0. The van der Waals surface area contributed by atoms with Crippen molar-refractivity contribution in [3.8, 4) is 16.9 Å². The summed E-state index contributed by atoms with van der Waals surface area (Å²) in [6.45, 7) is 15.0. The number of aromatic nitrogens is 4. The van der Waals surface area contributed by atoms with Gasteiger partial charge in [0.05, 0.1) is 52.8 Å². The average Bonchev–Trinajstić information content (AvgIpc) is 3.74. The van der Waals surface area contributed by atoms with Crippen LogP contribution in [-0.2, 0) is 24.8 Å². The average molecular weight is 783 g/mol. The minimum atomic E-state index is -1.02. The van der Waals surface area contributed by atoms with Crippen molar-refractivity contribution in [1.82, 2.24) is 18.9 Å². The first-order valence-corrected chi connectivity index (χ1v) is 19.4. The molecule has 0 aliphatic carbocycles. The van der Waals surface area contributed by atoms with E-state index in [-0.39, 0.29) is 22.9 Å². The lowest BCUT2D eigenvalue weighted by Gasteiger charge is -2.38. The van der Waals surface area contributed by atoms with Crippen LogP contribution in [0.25, 0.3) is 32.9 Å². The van der Waals surface area contributed by atoms with Crippen LogP contribution in [0.4, 0.5) is 5.69 Å². The van der Waals surface area contributed by atoms with Gasteiger partial charge in [0, 0.05) is 70.4 Å². The van der Waals surface area contributed by atoms with Crippen LogP contribution in [0.3, 0.4) is 0 Å². The lowest BCUT2D eigenvalue weighted by atomic mass is 9.88. The van der Waals surface area contributed by atoms with E-state index in [0.717, 1.165) is 71.8 Å². The minimum Gasteiger partial charge on any atom is -0.494 e. The lowest BCUT2D eigenvalue weighted by molar-refractivity contribution is -0.109. The predicted octanol–water partition coefficient (Wildman–Crippen LogP) is 9.50. The Kier molecular flexibility index (Phi) is 9.30. The van der Waals surface area contributed by atoms with Gasteiger partial charge in [0.25, 0.3) is 5.91 Å². The van der Waals surface area contributed by atoms with Crippen LogP contribution in [0.5, 0.6) is 5.75 Å². The number of anilines is 1. The number of aromatic carboxylic acids is 1. The van der Waals surface area contributed by atoms with Crippen LogP contribution < -0.4 is 9.64 Å². The van der Waals surface area contributed by atoms with Gasteiger partial charge in [-0.15, -0.1) is 0 Å². The summed E-state index contributed by atoms with van der Waals surface area (Å²) in [5.74, 6) is -0.402. The van der Waals surface area contributed by atoms with Crippen molar-refractivity contribution < 1.29 is 24.2 Å². The maximum atomic E-state index is 15.3. The largest absolute Gasteiger partial charge is 0.494 e. The highest BCUT2D eigenvalue weighted by Gasteiger charge is 2.39. The van der Waals surface area contributed by atoms with Crippen LogP contribution in [0.15, 0.2) is 48.7 Å². The van der Waals surface area contributed by atoms with Gasteiger partial charge in [-0.05, 0) is 101 Å². The van der Waals surface area contributed by atoms with E-state index in [0.29, 0.717) is 62.2 Å². The second-order valence-electron chi connectivity index (χ2n) is 15.8. The molecule has 6 aromatic rings. The standard InChI is InChI=1S/C43H45Cl2N5O5/c1-23-15-29(16-24(2)38(23)45)55-14-8-9-30-31-11-12-33(44)37(36-26(4)46-47(7)27(36)5)39(31)50-25(3)18-49(41(51)40(30)50)35-19-48(20-43(6)21-54-22-43)34-13-10-28(42(52)53)17-32(34)35/h10-13,15-17,19,25H,8-9,14,18,20-22H2,1-7H3,(H,52,53). The number of halogens is 2. The third kappa shape index (κ3) is 6.19. The van der Waals surface area contributed by atoms with E-state index in [4.69, 9.17) is 37.8 Å². The van der Waals surface area contributed by atoms with Crippen LogP contribution in [-0.4, -0.2) is 62.3 Å². The van der Waals surface area contributed by atoms with Gasteiger partial charge in [-0.25, -0.2) is 4.79 Å². The first kappa shape index (κ1) is 37.2. The number of fused-ring (bicyclic) bond motifs is 4. The number of hydrogen-bond donors (Lipinski definition) is 1. The first-order chi connectivity index (χ1) is 26.2. The van der Waals surface area contributed by atoms with E-state index in [9.17, 15) is 9.90 Å². The number of ether oxygens (including phenoxy) is 2. The van der Waals surface area contributed by atoms with Crippen molar-refractivity contribution in [1.29, 1.82) is 0 Å². The Morgan fingerprint density at radius 1 is 1.04 bits per heavy atom. The molecule has 5 heterocycles. The van der Waals surface area contributed by atoms with Crippen LogP contribution in [0.1, 0.15) is 75.2 Å². The third-order valence-corrected chi connectivity index (χ3v) is 12.3. The highest BCUT2D eigenvalue weighted by atomic mass is 35.5. The van der Waals surface area contributed by atoms with Gasteiger partial charge in [0.15, 0.2) is 0 Å². The molecule has 0 spiro atoms. The van der Waals surface area contributed by atoms with E-state index in [1.807, 2.05) is 80.9 Å². The molecule has 3 aromatic heterocycles. The molecule has 8 rings (SSSR count). The Balaban J connectivity index is 1.27. The fourth-order valence-corrected chi connectivity index (χ4v) is 9.00. The summed E-state index contributed by atoms with van der Waals surface area (Å²) in [7, 11) is 1.93. The molecule has 12 heteroatoms. The molecule has 0 bridgehead atoms. The van der Waals surface area contributed by atoms with Crippen LogP contribution in [0.2, 0.25) is 10.0 Å². The molecule has 286 valence electrons. The van der Waals surface area contributed by atoms with Gasteiger partial charge in [0.1, 0.15) is 11.4 Å². The highest BCUT2D eigenvalue weighted by molar-refractivity contribution is 6.35. The summed E-state index contributed by atoms with van der Waals surface area (Å²) in [6.07, 6.45) is 3.24. The summed E-state index contributed by atoms with van der Waals surface area (Å²) >= 11 is 13.5. The highest BCUT2D eigenvalue weighted by Crippen LogP contribution is 2.46. The molecule has 1 atom stereocenters. The van der Waals surface area contributed by atoms with Crippen LogP contribution >= 0.6 is 23.2 Å². The fourth-order valence-electron chi connectivity index (χ4n) is 8.65. The number of benzene rings is 3. The Bertz CT molecular complexity index is 2540. The maximum Gasteiger partial charge on any atom is 0.335 e. The first-order valence-electron chi connectivity index (χ1n) is 18.7. The fraction of sp³-hybridized carbons (Fsp3) is 0.372. The molecule has 0 saturated carbocycles. The summed E-state index contributed by atoms with van der Waals surface area (Å²) in [5, 5.41) is 17.7. The van der Waals surface area contributed by atoms with Gasteiger partial charge in [-0.3, -0.25) is 9.48 Å². The quantitative estimate of drug-likeness (QED) is 0.139. The van der Waals surface area contributed by atoms with E-state index >= 15 is 4.79 Å². The van der Waals surface area contributed by atoms with E-state index in [1.165, 1.54) is 0 Å². The molecule has 0 radical (unpaired) electrons. The monoisotopic (exact) mass is 781 g/mol. The van der Waals surface area contributed by atoms with Gasteiger partial charge < -0.3 is 28.6 Å². The van der Waals surface area contributed by atoms with Crippen molar-refractivity contribution in [2.75, 3.05) is 31.3 Å². The number of hydrogen-bond acceptors (Lipinski definition) is 5. The van der Waals surface area contributed by atoms with Gasteiger partial charge in [0.2, 0.25) is 0 Å². The Labute approximate surface area is 330 Å². The molecule has 1 saturated heterocycles. The number of carboxylic acid groups (broad SMARTS) is 1. The zero-order chi connectivity index (χ0) is 39.1. The lowest BCUT2D eigenvalue weighted by Crippen LogP contribution is -2.43. The molecular weight excluding hydrogens is 737 g/mol. The Morgan fingerprint density at radius 2 is 1.76 bits per heavy atom. The SMILES string of the molecule is Cc1cc(OCCCc2c3n(c4c(-c5c(C)nn(C)c5C)c(Cl)ccc24)C(C)CN(c2cn(CC4(C)COC4)c4ccc(C(=O)O)cc24)C3=O)cc(C)c1Cl. The topological polar surface area (TPSA) is 104 Å².